The third-order valence-electron chi connectivity index (χ3n) is 7.05. The van der Waals surface area contributed by atoms with E-state index in [1.54, 1.807) is 25.3 Å². The fourth-order valence-corrected chi connectivity index (χ4v) is 5.57. The molecule has 1 N–H and O–H groups in total. The highest BCUT2D eigenvalue weighted by molar-refractivity contribution is 5.87. The molecule has 1 aromatic carbocycles. The number of benzene rings is 1. The van der Waals surface area contributed by atoms with Crippen LogP contribution in [0.2, 0.25) is 0 Å². The highest BCUT2D eigenvalue weighted by Gasteiger charge is 2.61. The second-order valence-corrected chi connectivity index (χ2v) is 9.29. The fraction of sp³-hybridized carbons (Fsp3) is 0.480. The molecule has 1 aromatic rings. The van der Waals surface area contributed by atoms with E-state index in [1.165, 1.54) is 12.2 Å². The first-order valence-corrected chi connectivity index (χ1v) is 10.5. The quantitative estimate of drug-likeness (QED) is 0.426. The molecule has 0 spiro atoms. The van der Waals surface area contributed by atoms with Gasteiger partial charge in [0.1, 0.15) is 24.4 Å². The van der Waals surface area contributed by atoms with Crippen molar-refractivity contribution in [3.63, 3.8) is 0 Å². The van der Waals surface area contributed by atoms with Gasteiger partial charge in [0, 0.05) is 23.0 Å². The van der Waals surface area contributed by atoms with Crippen molar-refractivity contribution in [3.05, 3.63) is 47.6 Å². The van der Waals surface area contributed by atoms with Gasteiger partial charge < -0.3 is 19.4 Å². The number of carbonyl (C=O) groups excluding carboxylic acids is 3. The van der Waals surface area contributed by atoms with Crippen molar-refractivity contribution in [3.8, 4) is 5.75 Å². The zero-order chi connectivity index (χ0) is 22.8. The first-order chi connectivity index (χ1) is 14.7. The van der Waals surface area contributed by atoms with Gasteiger partial charge in [-0.1, -0.05) is 32.9 Å². The molecule has 31 heavy (non-hydrogen) atoms. The summed E-state index contributed by atoms with van der Waals surface area (Å²) in [6.45, 7) is 5.94. The Hall–Kier alpha value is -2.73. The molecule has 2 aliphatic rings. The summed E-state index contributed by atoms with van der Waals surface area (Å²) in [5.74, 6) is -0.891. The van der Waals surface area contributed by atoms with Crippen molar-refractivity contribution < 1.29 is 29.0 Å². The number of allylic oxidation sites excluding steroid dienone is 1. The molecule has 5 atom stereocenters. The van der Waals surface area contributed by atoms with E-state index < -0.39 is 29.5 Å². The van der Waals surface area contributed by atoms with Crippen LogP contribution in [0.3, 0.4) is 0 Å². The molecule has 6 heteroatoms. The second kappa shape index (κ2) is 8.79. The molecule has 0 bridgehead atoms. The molecule has 0 unspecified atom stereocenters. The summed E-state index contributed by atoms with van der Waals surface area (Å²) in [5.41, 5.74) is -0.120. The standard InChI is InChI=1S/C25H30O6/c1-24(2)12-11-21(25(3)19(15-27)17(14-26)13-20(28)23(24)25)31-22(29)10-7-16-5-8-18(30-4)9-6-16/h5-10,13-15,19-21,23,28H,11-12H2,1-4H3/t19-,20-,21+,23-,25-/m0/s1. The molecule has 1 saturated carbocycles. The van der Waals surface area contributed by atoms with Gasteiger partial charge in [-0.2, -0.15) is 0 Å². The lowest BCUT2D eigenvalue weighted by atomic mass is 9.47. The summed E-state index contributed by atoms with van der Waals surface area (Å²) in [6, 6.07) is 7.24. The number of ether oxygens (including phenoxy) is 2. The van der Waals surface area contributed by atoms with E-state index in [-0.39, 0.29) is 16.9 Å². The Kier molecular flexibility index (Phi) is 6.51. The van der Waals surface area contributed by atoms with Crippen LogP contribution >= 0.6 is 0 Å². The third-order valence-corrected chi connectivity index (χ3v) is 7.05. The lowest BCUT2D eigenvalue weighted by Gasteiger charge is -2.59. The van der Waals surface area contributed by atoms with Crippen LogP contribution in [0.4, 0.5) is 0 Å². The zero-order valence-corrected chi connectivity index (χ0v) is 18.4. The third kappa shape index (κ3) is 4.22. The van der Waals surface area contributed by atoms with Gasteiger partial charge in [0.05, 0.1) is 19.1 Å². The molecule has 0 aliphatic heterocycles. The van der Waals surface area contributed by atoms with Crippen molar-refractivity contribution in [1.29, 1.82) is 0 Å². The average molecular weight is 427 g/mol. The molecule has 0 amide bonds. The van der Waals surface area contributed by atoms with E-state index in [4.69, 9.17) is 9.47 Å². The summed E-state index contributed by atoms with van der Waals surface area (Å²) in [6.07, 6.45) is 5.62. The van der Waals surface area contributed by atoms with Crippen molar-refractivity contribution in [2.24, 2.45) is 22.7 Å². The summed E-state index contributed by atoms with van der Waals surface area (Å²) in [4.78, 5) is 36.3. The fourth-order valence-electron chi connectivity index (χ4n) is 5.57. The number of aliphatic hydroxyl groups excluding tert-OH is 1. The van der Waals surface area contributed by atoms with Crippen LogP contribution in [0, 0.1) is 22.7 Å². The smallest absolute Gasteiger partial charge is 0.331 e. The molecule has 0 radical (unpaired) electrons. The Morgan fingerprint density at radius 3 is 2.42 bits per heavy atom. The number of fused-ring (bicyclic) bond motifs is 1. The van der Waals surface area contributed by atoms with Gasteiger partial charge in [-0.25, -0.2) is 4.79 Å². The Bertz CT molecular complexity index is 897. The van der Waals surface area contributed by atoms with E-state index in [1.807, 2.05) is 32.9 Å². The monoisotopic (exact) mass is 426 g/mol. The summed E-state index contributed by atoms with van der Waals surface area (Å²) >= 11 is 0. The Balaban J connectivity index is 1.87. The van der Waals surface area contributed by atoms with Gasteiger partial charge >= 0.3 is 5.97 Å². The summed E-state index contributed by atoms with van der Waals surface area (Å²) in [5, 5.41) is 10.9. The predicted molar refractivity (Wildman–Crippen MR) is 116 cm³/mol. The van der Waals surface area contributed by atoms with Crippen LogP contribution in [0.15, 0.2) is 42.0 Å². The van der Waals surface area contributed by atoms with Crippen molar-refractivity contribution in [2.45, 2.75) is 45.8 Å². The minimum Gasteiger partial charge on any atom is -0.497 e. The minimum atomic E-state index is -0.896. The van der Waals surface area contributed by atoms with Crippen LogP contribution in [-0.2, 0) is 19.1 Å². The van der Waals surface area contributed by atoms with Crippen LogP contribution in [0.5, 0.6) is 5.75 Å². The van der Waals surface area contributed by atoms with E-state index in [9.17, 15) is 19.5 Å². The number of aliphatic hydroxyl groups is 1. The topological polar surface area (TPSA) is 89.9 Å². The molecule has 3 rings (SSSR count). The SMILES string of the molecule is COc1ccc(C=CC(=O)O[C@@H]2CCC(C)(C)[C@@H]3[C@@H](O)C=C(C=O)[C@H](C=O)[C@@]23C)cc1. The molecular weight excluding hydrogens is 396 g/mol. The number of methoxy groups -OCH3 is 1. The predicted octanol–water partition coefficient (Wildman–Crippen LogP) is 3.38. The van der Waals surface area contributed by atoms with E-state index in [0.29, 0.717) is 12.7 Å². The first kappa shape index (κ1) is 22.9. The van der Waals surface area contributed by atoms with Gasteiger partial charge in [-0.3, -0.25) is 4.79 Å². The maximum absolute atomic E-state index is 12.6. The van der Waals surface area contributed by atoms with Gasteiger partial charge in [-0.15, -0.1) is 0 Å². The average Bonchev–Trinajstić information content (AvgIpc) is 2.74. The molecule has 2 aliphatic carbocycles. The summed E-state index contributed by atoms with van der Waals surface area (Å²) < 4.78 is 11.0. The molecule has 0 aromatic heterocycles. The van der Waals surface area contributed by atoms with Gasteiger partial charge in [-0.05, 0) is 48.1 Å². The summed E-state index contributed by atoms with van der Waals surface area (Å²) in [7, 11) is 1.58. The number of esters is 1. The van der Waals surface area contributed by atoms with Crippen LogP contribution in [0.25, 0.3) is 6.08 Å². The van der Waals surface area contributed by atoms with Gasteiger partial charge in [0.25, 0.3) is 0 Å². The lowest BCUT2D eigenvalue weighted by molar-refractivity contribution is -0.187. The number of aldehydes is 2. The number of hydrogen-bond donors (Lipinski definition) is 1. The zero-order valence-electron chi connectivity index (χ0n) is 18.4. The van der Waals surface area contributed by atoms with Crippen LogP contribution in [-0.4, -0.2) is 43.0 Å². The number of hydrogen-bond acceptors (Lipinski definition) is 6. The first-order valence-electron chi connectivity index (χ1n) is 10.5. The molecule has 0 heterocycles. The second-order valence-electron chi connectivity index (χ2n) is 9.29. The Morgan fingerprint density at radius 1 is 1.16 bits per heavy atom. The number of rotatable bonds is 6. The van der Waals surface area contributed by atoms with E-state index in [0.717, 1.165) is 24.0 Å². The van der Waals surface area contributed by atoms with E-state index >= 15 is 0 Å². The molecule has 6 nitrogen and oxygen atoms in total. The highest BCUT2D eigenvalue weighted by atomic mass is 16.5. The largest absolute Gasteiger partial charge is 0.497 e. The molecule has 1 fully saturated rings. The molecule has 0 saturated heterocycles. The maximum atomic E-state index is 12.6. The molecule has 166 valence electrons. The Morgan fingerprint density at radius 2 is 1.84 bits per heavy atom. The van der Waals surface area contributed by atoms with Crippen LogP contribution in [0.1, 0.15) is 39.2 Å². The molecular formula is C25H30O6. The van der Waals surface area contributed by atoms with Crippen LogP contribution < -0.4 is 4.74 Å². The minimum absolute atomic E-state index is 0.244. The van der Waals surface area contributed by atoms with Gasteiger partial charge in [0.2, 0.25) is 0 Å². The van der Waals surface area contributed by atoms with Gasteiger partial charge in [0.15, 0.2) is 0 Å². The number of carbonyl (C=O) groups is 3. The van der Waals surface area contributed by atoms with Crippen molar-refractivity contribution in [2.75, 3.05) is 7.11 Å². The maximum Gasteiger partial charge on any atom is 0.331 e. The Labute approximate surface area is 182 Å². The normalized spacial score (nSPS) is 32.0. The highest BCUT2D eigenvalue weighted by Crippen LogP contribution is 2.59. The van der Waals surface area contributed by atoms with E-state index in [2.05, 4.69) is 0 Å². The van der Waals surface area contributed by atoms with Crippen molar-refractivity contribution >= 4 is 24.6 Å². The van der Waals surface area contributed by atoms with Crippen molar-refractivity contribution in [1.82, 2.24) is 0 Å². The lowest BCUT2D eigenvalue weighted by Crippen LogP contribution is -2.61.